The molecule has 4 nitrogen and oxygen atoms in total. The van der Waals surface area contributed by atoms with Crippen molar-refractivity contribution in [3.8, 4) is 0 Å². The van der Waals surface area contributed by atoms with E-state index < -0.39 is 0 Å². The lowest BCUT2D eigenvalue weighted by atomic mass is 10.2. The van der Waals surface area contributed by atoms with Crippen molar-refractivity contribution < 1.29 is 14.6 Å². The van der Waals surface area contributed by atoms with Gasteiger partial charge in [0, 0.05) is 13.5 Å². The minimum atomic E-state index is -0.328. The maximum absolute atomic E-state index is 10.2. The Kier molecular flexibility index (Phi) is 9.17. The Labute approximate surface area is 80.3 Å². The second-order valence-corrected chi connectivity index (χ2v) is 3.53. The van der Waals surface area contributed by atoms with Crippen LogP contribution >= 0.6 is 0 Å². The first-order chi connectivity index (χ1) is 5.83. The molecule has 0 atom stereocenters. The molecule has 0 heterocycles. The number of aliphatic hydroxyl groups excluding tert-OH is 1. The van der Waals surface area contributed by atoms with Crippen molar-refractivity contribution in [2.24, 2.45) is 0 Å². The van der Waals surface area contributed by atoms with E-state index in [0.717, 1.165) is 0 Å². The minimum Gasteiger partial charge on any atom is -0.460 e. The van der Waals surface area contributed by atoms with Crippen LogP contribution in [0.5, 0.6) is 0 Å². The van der Waals surface area contributed by atoms with Crippen LogP contribution in [0.25, 0.3) is 0 Å². The number of aliphatic hydroxyl groups is 1. The Hall–Kier alpha value is -0.610. The normalized spacial score (nSPS) is 10.0. The fourth-order valence-electron chi connectivity index (χ4n) is 0.543. The summed E-state index contributed by atoms with van der Waals surface area (Å²) in [6, 6.07) is 0. The maximum atomic E-state index is 10.2. The van der Waals surface area contributed by atoms with Crippen molar-refractivity contribution in [2.45, 2.75) is 33.3 Å². The predicted molar refractivity (Wildman–Crippen MR) is 52.5 cm³/mol. The number of carbonyl (C=O) groups excluding carboxylic acids is 1. The second-order valence-electron chi connectivity index (χ2n) is 3.53. The molecule has 0 aromatic rings. The Morgan fingerprint density at radius 1 is 1.46 bits per heavy atom. The average molecular weight is 191 g/mol. The van der Waals surface area contributed by atoms with E-state index in [1.165, 1.54) is 6.92 Å². The quantitative estimate of drug-likeness (QED) is 0.626. The van der Waals surface area contributed by atoms with E-state index in [4.69, 9.17) is 9.84 Å². The van der Waals surface area contributed by atoms with E-state index in [-0.39, 0.29) is 18.2 Å². The molecule has 0 aliphatic heterocycles. The minimum absolute atomic E-state index is 0.225. The van der Waals surface area contributed by atoms with Gasteiger partial charge in [-0.15, -0.1) is 0 Å². The standard InChI is InChI=1S/C6H12O2.C3H9NO/c1-5(7)8-6(2,3)4;1-4-2-3-5/h1-4H3;4-5H,2-3H2,1H3. The molecule has 0 amide bonds. The molecule has 0 rings (SSSR count). The summed E-state index contributed by atoms with van der Waals surface area (Å²) in [6.07, 6.45) is 0. The first-order valence-electron chi connectivity index (χ1n) is 4.28. The summed E-state index contributed by atoms with van der Waals surface area (Å²) in [5.74, 6) is -0.225. The number of carbonyl (C=O) groups is 1. The van der Waals surface area contributed by atoms with Gasteiger partial charge in [-0.2, -0.15) is 0 Å². The highest BCUT2D eigenvalue weighted by molar-refractivity contribution is 5.66. The van der Waals surface area contributed by atoms with Crippen LogP contribution in [0.15, 0.2) is 0 Å². The second kappa shape index (κ2) is 8.01. The Bertz CT molecular complexity index is 127. The molecule has 0 fully saturated rings. The molecule has 0 radical (unpaired) electrons. The van der Waals surface area contributed by atoms with Crippen LogP contribution in [0.2, 0.25) is 0 Å². The fraction of sp³-hybridized carbons (Fsp3) is 0.889. The SMILES string of the molecule is CC(=O)OC(C)(C)C.CNCCO. The Morgan fingerprint density at radius 3 is 1.92 bits per heavy atom. The molecule has 2 N–H and O–H groups in total. The molecule has 13 heavy (non-hydrogen) atoms. The zero-order chi connectivity index (χ0) is 10.9. The smallest absolute Gasteiger partial charge is 0.303 e. The lowest BCUT2D eigenvalue weighted by Gasteiger charge is -2.17. The average Bonchev–Trinajstić information content (AvgIpc) is 1.84. The molecular formula is C9H21NO3. The third-order valence-corrected chi connectivity index (χ3v) is 0.812. The van der Waals surface area contributed by atoms with Crippen molar-refractivity contribution in [3.63, 3.8) is 0 Å². The molecule has 0 aromatic heterocycles. The van der Waals surface area contributed by atoms with E-state index >= 15 is 0 Å². The number of ether oxygens (including phenoxy) is 1. The van der Waals surface area contributed by atoms with Crippen molar-refractivity contribution in [1.82, 2.24) is 5.32 Å². The largest absolute Gasteiger partial charge is 0.460 e. The summed E-state index contributed by atoms with van der Waals surface area (Å²) in [5, 5.41) is 10.8. The van der Waals surface area contributed by atoms with E-state index in [1.54, 1.807) is 7.05 Å². The molecule has 0 saturated carbocycles. The topological polar surface area (TPSA) is 58.6 Å². The van der Waals surface area contributed by atoms with Crippen molar-refractivity contribution in [3.05, 3.63) is 0 Å². The number of esters is 1. The number of hydrogen-bond acceptors (Lipinski definition) is 4. The monoisotopic (exact) mass is 191 g/mol. The van der Waals surface area contributed by atoms with Gasteiger partial charge in [0.05, 0.1) is 6.61 Å². The van der Waals surface area contributed by atoms with Crippen LogP contribution in [0.3, 0.4) is 0 Å². The Balaban J connectivity index is 0. The van der Waals surface area contributed by atoms with Gasteiger partial charge in [-0.05, 0) is 27.8 Å². The van der Waals surface area contributed by atoms with Gasteiger partial charge in [0.2, 0.25) is 0 Å². The molecular weight excluding hydrogens is 170 g/mol. The van der Waals surface area contributed by atoms with Gasteiger partial charge < -0.3 is 15.2 Å². The molecule has 0 unspecified atom stereocenters. The summed E-state index contributed by atoms with van der Waals surface area (Å²) in [5.41, 5.74) is -0.328. The molecule has 4 heteroatoms. The summed E-state index contributed by atoms with van der Waals surface area (Å²) < 4.78 is 4.80. The number of hydrogen-bond donors (Lipinski definition) is 2. The van der Waals surface area contributed by atoms with Crippen molar-refractivity contribution in [1.29, 1.82) is 0 Å². The van der Waals surface area contributed by atoms with Crippen LogP contribution in [0.4, 0.5) is 0 Å². The highest BCUT2D eigenvalue weighted by Crippen LogP contribution is 2.05. The van der Waals surface area contributed by atoms with Gasteiger partial charge in [-0.3, -0.25) is 4.79 Å². The first-order valence-corrected chi connectivity index (χ1v) is 4.28. The molecule has 0 spiro atoms. The molecule has 0 aromatic carbocycles. The van der Waals surface area contributed by atoms with Crippen LogP contribution in [-0.2, 0) is 9.53 Å². The Morgan fingerprint density at radius 2 is 1.92 bits per heavy atom. The van der Waals surface area contributed by atoms with Gasteiger partial charge in [0.25, 0.3) is 0 Å². The van der Waals surface area contributed by atoms with Crippen molar-refractivity contribution >= 4 is 5.97 Å². The lowest BCUT2D eigenvalue weighted by Crippen LogP contribution is -2.21. The highest BCUT2D eigenvalue weighted by atomic mass is 16.6. The van der Waals surface area contributed by atoms with Gasteiger partial charge in [-0.1, -0.05) is 0 Å². The van der Waals surface area contributed by atoms with Crippen molar-refractivity contribution in [2.75, 3.05) is 20.2 Å². The van der Waals surface area contributed by atoms with Crippen LogP contribution < -0.4 is 5.32 Å². The summed E-state index contributed by atoms with van der Waals surface area (Å²) in [6.45, 7) is 7.86. The zero-order valence-electron chi connectivity index (χ0n) is 9.18. The van der Waals surface area contributed by atoms with Crippen LogP contribution in [0, 0.1) is 0 Å². The number of likely N-dealkylation sites (N-methyl/N-ethyl adjacent to an activating group) is 1. The first kappa shape index (κ1) is 14.9. The van der Waals surface area contributed by atoms with E-state index in [1.807, 2.05) is 20.8 Å². The third-order valence-electron chi connectivity index (χ3n) is 0.812. The number of nitrogens with one attached hydrogen (secondary N) is 1. The summed E-state index contributed by atoms with van der Waals surface area (Å²) in [7, 11) is 1.80. The molecule has 0 aliphatic carbocycles. The third kappa shape index (κ3) is 24.6. The summed E-state index contributed by atoms with van der Waals surface area (Å²) in [4.78, 5) is 10.2. The molecule has 80 valence electrons. The fourth-order valence-corrected chi connectivity index (χ4v) is 0.543. The number of rotatable bonds is 2. The summed E-state index contributed by atoms with van der Waals surface area (Å²) >= 11 is 0. The van der Waals surface area contributed by atoms with E-state index in [0.29, 0.717) is 6.54 Å². The highest BCUT2D eigenvalue weighted by Gasteiger charge is 2.11. The van der Waals surface area contributed by atoms with Gasteiger partial charge >= 0.3 is 5.97 Å². The van der Waals surface area contributed by atoms with E-state index in [2.05, 4.69) is 5.32 Å². The maximum Gasteiger partial charge on any atom is 0.303 e. The predicted octanol–water partition coefficient (Wildman–Crippen LogP) is 0.546. The zero-order valence-corrected chi connectivity index (χ0v) is 9.18. The van der Waals surface area contributed by atoms with E-state index in [9.17, 15) is 4.79 Å². The molecule has 0 bridgehead atoms. The molecule has 0 saturated heterocycles. The van der Waals surface area contributed by atoms with Gasteiger partial charge in [-0.25, -0.2) is 0 Å². The van der Waals surface area contributed by atoms with Gasteiger partial charge in [0.1, 0.15) is 5.60 Å². The van der Waals surface area contributed by atoms with Crippen LogP contribution in [0.1, 0.15) is 27.7 Å². The van der Waals surface area contributed by atoms with Gasteiger partial charge in [0.15, 0.2) is 0 Å². The van der Waals surface area contributed by atoms with Crippen LogP contribution in [-0.4, -0.2) is 36.9 Å². The lowest BCUT2D eigenvalue weighted by molar-refractivity contribution is -0.151. The molecule has 0 aliphatic rings.